The average molecular weight is 251 g/mol. The van der Waals surface area contributed by atoms with Crippen molar-refractivity contribution in [3.05, 3.63) is 33.9 Å². The van der Waals surface area contributed by atoms with E-state index in [-0.39, 0.29) is 22.8 Å². The molecule has 98 valence electrons. The zero-order valence-electron chi connectivity index (χ0n) is 10.5. The molecule has 1 aliphatic heterocycles. The molecule has 0 radical (unpaired) electrons. The van der Waals surface area contributed by atoms with Gasteiger partial charge in [0, 0.05) is 38.0 Å². The van der Waals surface area contributed by atoms with Crippen LogP contribution in [0.5, 0.6) is 0 Å². The van der Waals surface area contributed by atoms with Crippen LogP contribution in [0.1, 0.15) is 5.56 Å². The Morgan fingerprint density at radius 3 is 2.89 bits per heavy atom. The summed E-state index contributed by atoms with van der Waals surface area (Å²) in [6, 6.07) is 5.03. The number of nitro benzene ring substituents is 1. The van der Waals surface area contributed by atoms with Crippen molar-refractivity contribution in [3.8, 4) is 0 Å². The van der Waals surface area contributed by atoms with E-state index in [1.807, 2.05) is 6.92 Å². The average Bonchev–Trinajstić information content (AvgIpc) is 2.78. The largest absolute Gasteiger partial charge is 0.378 e. The fourth-order valence-corrected chi connectivity index (χ4v) is 2.17. The van der Waals surface area contributed by atoms with Crippen molar-refractivity contribution in [2.45, 2.75) is 19.1 Å². The van der Waals surface area contributed by atoms with Gasteiger partial charge in [0.05, 0.1) is 17.1 Å². The van der Waals surface area contributed by atoms with Crippen molar-refractivity contribution in [1.82, 2.24) is 5.32 Å². The highest BCUT2D eigenvalue weighted by Gasteiger charge is 2.27. The van der Waals surface area contributed by atoms with Crippen LogP contribution in [0.15, 0.2) is 18.2 Å². The summed E-state index contributed by atoms with van der Waals surface area (Å²) in [7, 11) is 1.69. The van der Waals surface area contributed by atoms with Gasteiger partial charge < -0.3 is 15.4 Å². The summed E-state index contributed by atoms with van der Waals surface area (Å²) in [5.41, 5.74) is 1.90. The van der Waals surface area contributed by atoms with Crippen LogP contribution in [0.3, 0.4) is 0 Å². The molecule has 1 aliphatic rings. The van der Waals surface area contributed by atoms with Crippen LogP contribution in [0.2, 0.25) is 0 Å². The van der Waals surface area contributed by atoms with Crippen molar-refractivity contribution in [2.24, 2.45) is 0 Å². The molecule has 0 spiro atoms. The smallest absolute Gasteiger partial charge is 0.269 e. The van der Waals surface area contributed by atoms with Gasteiger partial charge in [-0.3, -0.25) is 10.1 Å². The Labute approximate surface area is 105 Å². The van der Waals surface area contributed by atoms with E-state index < -0.39 is 0 Å². The number of aryl methyl sites for hydroxylation is 1. The topological polar surface area (TPSA) is 76.4 Å². The van der Waals surface area contributed by atoms with E-state index in [2.05, 4.69) is 10.6 Å². The second-order valence-corrected chi connectivity index (χ2v) is 4.44. The van der Waals surface area contributed by atoms with Crippen LogP contribution >= 0.6 is 0 Å². The van der Waals surface area contributed by atoms with E-state index in [1.54, 1.807) is 19.2 Å². The standard InChI is InChI=1S/C12H17N3O3/c1-8-5-9(15(16)17)3-4-10(8)14-11-6-13-7-12(11)18-2/h3-5,11-14H,6-7H2,1-2H3/t11?,12-/m0/s1. The summed E-state index contributed by atoms with van der Waals surface area (Å²) in [5.74, 6) is 0. The fraction of sp³-hybridized carbons (Fsp3) is 0.500. The molecule has 0 bridgehead atoms. The third-order valence-electron chi connectivity index (χ3n) is 3.22. The number of nitro groups is 1. The normalized spacial score (nSPS) is 23.0. The molecule has 2 N–H and O–H groups in total. The lowest BCUT2D eigenvalue weighted by atomic mass is 10.1. The molecule has 18 heavy (non-hydrogen) atoms. The highest BCUT2D eigenvalue weighted by Crippen LogP contribution is 2.23. The van der Waals surface area contributed by atoms with Crippen molar-refractivity contribution in [1.29, 1.82) is 0 Å². The first-order chi connectivity index (χ1) is 8.61. The van der Waals surface area contributed by atoms with Crippen molar-refractivity contribution < 1.29 is 9.66 Å². The minimum atomic E-state index is -0.383. The van der Waals surface area contributed by atoms with Gasteiger partial charge >= 0.3 is 0 Å². The highest BCUT2D eigenvalue weighted by atomic mass is 16.6. The summed E-state index contributed by atoms with van der Waals surface area (Å²) in [6.07, 6.45) is 0.125. The summed E-state index contributed by atoms with van der Waals surface area (Å²) in [6.45, 7) is 3.51. The first-order valence-corrected chi connectivity index (χ1v) is 5.87. The highest BCUT2D eigenvalue weighted by molar-refractivity contribution is 5.56. The fourth-order valence-electron chi connectivity index (χ4n) is 2.17. The molecular formula is C12H17N3O3. The summed E-state index contributed by atoms with van der Waals surface area (Å²) >= 11 is 0. The van der Waals surface area contributed by atoms with Crippen molar-refractivity contribution in [3.63, 3.8) is 0 Å². The number of benzene rings is 1. The van der Waals surface area contributed by atoms with Crippen molar-refractivity contribution in [2.75, 3.05) is 25.5 Å². The molecule has 1 aromatic rings. The Balaban J connectivity index is 2.12. The molecule has 0 aliphatic carbocycles. The number of ether oxygens (including phenoxy) is 1. The molecule has 1 heterocycles. The molecule has 0 aromatic heterocycles. The monoisotopic (exact) mass is 251 g/mol. The van der Waals surface area contributed by atoms with Gasteiger partial charge in [-0.25, -0.2) is 0 Å². The van der Waals surface area contributed by atoms with Crippen LogP contribution in [-0.2, 0) is 4.74 Å². The van der Waals surface area contributed by atoms with Gasteiger partial charge in [-0.15, -0.1) is 0 Å². The van der Waals surface area contributed by atoms with Gasteiger partial charge in [0.1, 0.15) is 0 Å². The first kappa shape index (κ1) is 12.8. The number of methoxy groups -OCH3 is 1. The number of nitrogens with zero attached hydrogens (tertiary/aromatic N) is 1. The Bertz CT molecular complexity index is 450. The van der Waals surface area contributed by atoms with E-state index >= 15 is 0 Å². The zero-order valence-corrected chi connectivity index (χ0v) is 10.5. The molecule has 0 saturated carbocycles. The third-order valence-corrected chi connectivity index (χ3v) is 3.22. The van der Waals surface area contributed by atoms with Crippen LogP contribution in [0.4, 0.5) is 11.4 Å². The Hall–Kier alpha value is -1.66. The summed E-state index contributed by atoms with van der Waals surface area (Å²) in [4.78, 5) is 10.3. The molecule has 2 atom stereocenters. The molecule has 1 unspecified atom stereocenters. The molecule has 0 amide bonds. The van der Waals surface area contributed by atoms with E-state index in [0.717, 1.165) is 24.3 Å². The lowest BCUT2D eigenvalue weighted by Crippen LogP contribution is -2.33. The molecule has 6 heteroatoms. The predicted octanol–water partition coefficient (Wildman–Crippen LogP) is 1.30. The van der Waals surface area contributed by atoms with Crippen molar-refractivity contribution >= 4 is 11.4 Å². The molecule has 1 fully saturated rings. The van der Waals surface area contributed by atoms with E-state index in [1.165, 1.54) is 6.07 Å². The minimum Gasteiger partial charge on any atom is -0.378 e. The van der Waals surface area contributed by atoms with Crippen LogP contribution < -0.4 is 10.6 Å². The van der Waals surface area contributed by atoms with E-state index in [4.69, 9.17) is 4.74 Å². The lowest BCUT2D eigenvalue weighted by Gasteiger charge is -2.20. The number of non-ortho nitro benzene ring substituents is 1. The predicted molar refractivity (Wildman–Crippen MR) is 68.9 cm³/mol. The van der Waals surface area contributed by atoms with Gasteiger partial charge in [0.25, 0.3) is 5.69 Å². The van der Waals surface area contributed by atoms with Crippen LogP contribution in [0.25, 0.3) is 0 Å². The molecular weight excluding hydrogens is 234 g/mol. The van der Waals surface area contributed by atoms with Crippen LogP contribution in [-0.4, -0.2) is 37.3 Å². The number of anilines is 1. The van der Waals surface area contributed by atoms with E-state index in [9.17, 15) is 10.1 Å². The summed E-state index contributed by atoms with van der Waals surface area (Å²) < 4.78 is 5.36. The Morgan fingerprint density at radius 1 is 1.50 bits per heavy atom. The Kier molecular flexibility index (Phi) is 3.78. The SMILES string of the molecule is CO[C@H]1CNCC1Nc1ccc([N+](=O)[O-])cc1C. The zero-order chi connectivity index (χ0) is 13.1. The second kappa shape index (κ2) is 5.32. The quantitative estimate of drug-likeness (QED) is 0.623. The molecule has 1 saturated heterocycles. The lowest BCUT2D eigenvalue weighted by molar-refractivity contribution is -0.384. The molecule has 1 aromatic carbocycles. The van der Waals surface area contributed by atoms with Gasteiger partial charge in [0.2, 0.25) is 0 Å². The Morgan fingerprint density at radius 2 is 2.28 bits per heavy atom. The third kappa shape index (κ3) is 2.60. The maximum atomic E-state index is 10.7. The summed E-state index contributed by atoms with van der Waals surface area (Å²) in [5, 5.41) is 17.3. The first-order valence-electron chi connectivity index (χ1n) is 5.87. The number of nitrogens with one attached hydrogen (secondary N) is 2. The maximum Gasteiger partial charge on any atom is 0.269 e. The second-order valence-electron chi connectivity index (χ2n) is 4.44. The number of hydrogen-bond acceptors (Lipinski definition) is 5. The maximum absolute atomic E-state index is 10.7. The molecule has 6 nitrogen and oxygen atoms in total. The van der Waals surface area contributed by atoms with Gasteiger partial charge in [-0.1, -0.05) is 0 Å². The van der Waals surface area contributed by atoms with Gasteiger partial charge in [0.15, 0.2) is 0 Å². The van der Waals surface area contributed by atoms with E-state index in [0.29, 0.717) is 0 Å². The van der Waals surface area contributed by atoms with Gasteiger partial charge in [-0.05, 0) is 18.6 Å². The number of hydrogen-bond donors (Lipinski definition) is 2. The minimum absolute atomic E-state index is 0.117. The van der Waals surface area contributed by atoms with Crippen LogP contribution in [0, 0.1) is 17.0 Å². The van der Waals surface area contributed by atoms with Gasteiger partial charge in [-0.2, -0.15) is 0 Å². The molecule has 2 rings (SSSR count). The number of rotatable bonds is 4.